The van der Waals surface area contributed by atoms with Gasteiger partial charge >= 0.3 is 6.18 Å². The molecule has 0 unspecified atom stereocenters. The lowest BCUT2D eigenvalue weighted by Gasteiger charge is -2.09. The predicted molar refractivity (Wildman–Crippen MR) is 99.4 cm³/mol. The van der Waals surface area contributed by atoms with Gasteiger partial charge in [-0.25, -0.2) is 4.98 Å². The van der Waals surface area contributed by atoms with Crippen LogP contribution >= 0.6 is 15.9 Å². The zero-order valence-electron chi connectivity index (χ0n) is 13.8. The summed E-state index contributed by atoms with van der Waals surface area (Å²) in [6, 6.07) is 13.2. The maximum atomic E-state index is 13.2. The Labute approximate surface area is 161 Å². The fourth-order valence-corrected chi connectivity index (χ4v) is 2.70. The number of anilines is 1. The van der Waals surface area contributed by atoms with E-state index >= 15 is 0 Å². The van der Waals surface area contributed by atoms with Crippen LogP contribution in [0.5, 0.6) is 0 Å². The molecule has 3 N–H and O–H groups in total. The van der Waals surface area contributed by atoms with Gasteiger partial charge in [-0.1, -0.05) is 28.1 Å². The molecule has 0 saturated heterocycles. The van der Waals surface area contributed by atoms with Gasteiger partial charge in [-0.3, -0.25) is 9.36 Å². The van der Waals surface area contributed by atoms with Gasteiger partial charge in [0.25, 0.3) is 0 Å². The van der Waals surface area contributed by atoms with Crippen LogP contribution in [0, 0.1) is 0 Å². The van der Waals surface area contributed by atoms with Crippen molar-refractivity contribution in [3.05, 3.63) is 64.9 Å². The normalized spacial score (nSPS) is 11.4. The number of amides is 1. The summed E-state index contributed by atoms with van der Waals surface area (Å²) < 4.78 is 41.7. The van der Waals surface area contributed by atoms with Crippen LogP contribution in [0.15, 0.2) is 59.2 Å². The smallest absolute Gasteiger partial charge is 0.325 e. The molecule has 1 heterocycles. The largest absolute Gasteiger partial charge is 0.434 e. The second-order valence-electron chi connectivity index (χ2n) is 5.62. The van der Waals surface area contributed by atoms with E-state index in [2.05, 4.69) is 26.2 Å². The van der Waals surface area contributed by atoms with Gasteiger partial charge in [0.05, 0.1) is 6.54 Å². The molecule has 0 fully saturated rings. The molecule has 2 aromatic carbocycles. The van der Waals surface area contributed by atoms with Crippen LogP contribution in [0.25, 0.3) is 17.1 Å². The number of alkyl halides is 3. The first-order valence-corrected chi connectivity index (χ1v) is 8.60. The molecule has 3 aromatic rings. The van der Waals surface area contributed by atoms with Gasteiger partial charge in [-0.05, 0) is 36.4 Å². The standard InChI is InChI=1S/C18H14BrF3N4O/c19-12-3-1-11(2-4-12)17-25-15(18(20,21)22)10-26(17)14-7-5-13(6-8-14)24-16(27)9-23/h1-8,10H,9,23H2,(H,24,27). The van der Waals surface area contributed by atoms with Crippen molar-refractivity contribution >= 4 is 27.5 Å². The SMILES string of the molecule is NCC(=O)Nc1ccc(-n2cc(C(F)(F)F)nc2-c2ccc(Br)cc2)cc1. The minimum atomic E-state index is -4.57. The predicted octanol–water partition coefficient (Wildman–Crippen LogP) is 4.22. The van der Waals surface area contributed by atoms with Gasteiger partial charge in [0.2, 0.25) is 5.91 Å². The minimum absolute atomic E-state index is 0.161. The molecule has 3 rings (SSSR count). The summed E-state index contributed by atoms with van der Waals surface area (Å²) in [5.74, 6) is -0.200. The monoisotopic (exact) mass is 438 g/mol. The fourth-order valence-electron chi connectivity index (χ4n) is 2.43. The van der Waals surface area contributed by atoms with Crippen molar-refractivity contribution in [3.63, 3.8) is 0 Å². The maximum absolute atomic E-state index is 13.2. The van der Waals surface area contributed by atoms with Crippen molar-refractivity contribution in [3.8, 4) is 17.1 Å². The van der Waals surface area contributed by atoms with Crippen LogP contribution in [-0.4, -0.2) is 22.0 Å². The highest BCUT2D eigenvalue weighted by atomic mass is 79.9. The maximum Gasteiger partial charge on any atom is 0.434 e. The Morgan fingerprint density at radius 3 is 2.30 bits per heavy atom. The Balaban J connectivity index is 2.04. The molecule has 0 saturated carbocycles. The summed E-state index contributed by atoms with van der Waals surface area (Å²) in [4.78, 5) is 15.1. The third-order valence-corrected chi connectivity index (χ3v) is 4.24. The number of rotatable bonds is 4. The second kappa shape index (κ2) is 7.53. The van der Waals surface area contributed by atoms with Gasteiger partial charge in [0.15, 0.2) is 5.69 Å². The van der Waals surface area contributed by atoms with Gasteiger partial charge in [0, 0.05) is 27.6 Å². The van der Waals surface area contributed by atoms with E-state index in [-0.39, 0.29) is 18.3 Å². The second-order valence-corrected chi connectivity index (χ2v) is 6.54. The molecule has 0 atom stereocenters. The Bertz CT molecular complexity index is 950. The molecule has 0 radical (unpaired) electrons. The van der Waals surface area contributed by atoms with Gasteiger partial charge in [-0.15, -0.1) is 0 Å². The van der Waals surface area contributed by atoms with E-state index in [0.717, 1.165) is 10.7 Å². The van der Waals surface area contributed by atoms with Crippen molar-refractivity contribution in [1.82, 2.24) is 9.55 Å². The van der Waals surface area contributed by atoms with E-state index in [0.29, 0.717) is 16.9 Å². The number of carbonyl (C=O) groups is 1. The van der Waals surface area contributed by atoms with Gasteiger partial charge in [0.1, 0.15) is 5.82 Å². The molecule has 0 spiro atoms. The number of nitrogens with two attached hydrogens (primary N) is 1. The summed E-state index contributed by atoms with van der Waals surface area (Å²) in [7, 11) is 0. The molecule has 140 valence electrons. The van der Waals surface area contributed by atoms with Gasteiger partial charge in [-0.2, -0.15) is 13.2 Å². The van der Waals surface area contributed by atoms with Crippen molar-refractivity contribution in [1.29, 1.82) is 0 Å². The lowest BCUT2D eigenvalue weighted by Crippen LogP contribution is -2.21. The van der Waals surface area contributed by atoms with Crippen molar-refractivity contribution in [2.75, 3.05) is 11.9 Å². The zero-order chi connectivity index (χ0) is 19.6. The number of hydrogen-bond acceptors (Lipinski definition) is 3. The van der Waals surface area contributed by atoms with Crippen LogP contribution in [-0.2, 0) is 11.0 Å². The number of hydrogen-bond donors (Lipinski definition) is 2. The highest BCUT2D eigenvalue weighted by molar-refractivity contribution is 9.10. The molecular formula is C18H14BrF3N4O. The minimum Gasteiger partial charge on any atom is -0.325 e. The van der Waals surface area contributed by atoms with Crippen molar-refractivity contribution < 1.29 is 18.0 Å². The van der Waals surface area contributed by atoms with Crippen molar-refractivity contribution in [2.24, 2.45) is 5.73 Å². The number of nitrogens with zero attached hydrogens (tertiary/aromatic N) is 2. The van der Waals surface area contributed by atoms with Crippen molar-refractivity contribution in [2.45, 2.75) is 6.18 Å². The summed E-state index contributed by atoms with van der Waals surface area (Å²) in [6.07, 6.45) is -3.62. The molecule has 0 aliphatic rings. The molecule has 0 aliphatic heterocycles. The third kappa shape index (κ3) is 4.37. The molecule has 1 aromatic heterocycles. The van der Waals surface area contributed by atoms with Crippen LogP contribution < -0.4 is 11.1 Å². The number of carbonyl (C=O) groups excluding carboxylic acids is 1. The Morgan fingerprint density at radius 2 is 1.74 bits per heavy atom. The molecule has 27 heavy (non-hydrogen) atoms. The molecular weight excluding hydrogens is 425 g/mol. The number of halogens is 4. The average molecular weight is 439 g/mol. The molecule has 9 heteroatoms. The van der Waals surface area contributed by atoms with Crippen LogP contribution in [0.2, 0.25) is 0 Å². The van der Waals surface area contributed by atoms with E-state index in [9.17, 15) is 18.0 Å². The molecule has 0 bridgehead atoms. The first kappa shape index (κ1) is 19.1. The van der Waals surface area contributed by atoms with Crippen LogP contribution in [0.4, 0.5) is 18.9 Å². The average Bonchev–Trinajstić information content (AvgIpc) is 3.08. The summed E-state index contributed by atoms with van der Waals surface area (Å²) in [5.41, 5.74) is 5.77. The third-order valence-electron chi connectivity index (χ3n) is 3.71. The van der Waals surface area contributed by atoms with E-state index in [1.54, 1.807) is 48.5 Å². The lowest BCUT2D eigenvalue weighted by molar-refractivity contribution is -0.140. The number of benzene rings is 2. The number of aromatic nitrogens is 2. The topological polar surface area (TPSA) is 72.9 Å². The Morgan fingerprint density at radius 1 is 1.11 bits per heavy atom. The highest BCUT2D eigenvalue weighted by Crippen LogP contribution is 2.33. The van der Waals surface area contributed by atoms with E-state index in [1.807, 2.05) is 0 Å². The quantitative estimate of drug-likeness (QED) is 0.640. The Kier molecular flexibility index (Phi) is 5.33. The first-order valence-electron chi connectivity index (χ1n) is 7.81. The van der Waals surface area contributed by atoms with Gasteiger partial charge < -0.3 is 11.1 Å². The first-order chi connectivity index (χ1) is 12.8. The lowest BCUT2D eigenvalue weighted by atomic mass is 10.2. The fraction of sp³-hybridized carbons (Fsp3) is 0.111. The molecule has 1 amide bonds. The number of nitrogens with one attached hydrogen (secondary N) is 1. The zero-order valence-corrected chi connectivity index (χ0v) is 15.4. The molecule has 0 aliphatic carbocycles. The van der Waals surface area contributed by atoms with Crippen LogP contribution in [0.3, 0.4) is 0 Å². The number of imidazole rings is 1. The Hall–Kier alpha value is -2.65. The highest BCUT2D eigenvalue weighted by Gasteiger charge is 2.35. The summed E-state index contributed by atoms with van der Waals surface area (Å²) >= 11 is 3.30. The van der Waals surface area contributed by atoms with E-state index in [1.165, 1.54) is 4.57 Å². The summed E-state index contributed by atoms with van der Waals surface area (Å²) in [5, 5.41) is 2.58. The van der Waals surface area contributed by atoms with Crippen LogP contribution in [0.1, 0.15) is 5.69 Å². The summed E-state index contributed by atoms with van der Waals surface area (Å²) in [6.45, 7) is -0.161. The van der Waals surface area contributed by atoms with E-state index < -0.39 is 11.9 Å². The molecule has 5 nitrogen and oxygen atoms in total. The van der Waals surface area contributed by atoms with E-state index in [4.69, 9.17) is 5.73 Å².